The van der Waals surface area contributed by atoms with Crippen LogP contribution in [0.4, 0.5) is 0 Å². The lowest BCUT2D eigenvalue weighted by molar-refractivity contribution is -0.144. The molecule has 3 rings (SSSR count). The van der Waals surface area contributed by atoms with Gasteiger partial charge in [-0.15, -0.1) is 0 Å². The fraction of sp³-hybridized carbons (Fsp3) is 0.640. The van der Waals surface area contributed by atoms with Gasteiger partial charge in [0, 0.05) is 11.5 Å². The standard InChI is InChI=1S/C25H36BN7O3/c1-15(32(5)26)22(34)29-21(25(2,3)4)24(36)33-14-17(30-31-27)13-20(33)23(35)28-19-12-8-10-16-9-6-7-11-18(16)19/h6-7,9,11,15,17,19-21H,8,10,12-14H2,1-5H3,(H,28,35)(H,29,34)/t15-,17-,19+,20-,21+/m0/s1. The van der Waals surface area contributed by atoms with Gasteiger partial charge in [0.15, 0.2) is 7.98 Å². The molecule has 192 valence electrons. The van der Waals surface area contributed by atoms with E-state index < -0.39 is 29.6 Å². The molecule has 1 heterocycles. The van der Waals surface area contributed by atoms with Crippen LogP contribution in [0.1, 0.15) is 64.1 Å². The summed E-state index contributed by atoms with van der Waals surface area (Å²) in [6.45, 7) is 7.30. The van der Waals surface area contributed by atoms with Gasteiger partial charge in [-0.25, -0.2) is 0 Å². The van der Waals surface area contributed by atoms with Gasteiger partial charge in [-0.05, 0) is 61.7 Å². The van der Waals surface area contributed by atoms with Crippen LogP contribution in [0.5, 0.6) is 0 Å². The van der Waals surface area contributed by atoms with E-state index in [2.05, 4.69) is 26.7 Å². The largest absolute Gasteiger partial charge is 0.347 e. The minimum atomic E-state index is -0.900. The lowest BCUT2D eigenvalue weighted by atomic mass is 9.85. The number of hydrogen-bond donors (Lipinski definition) is 2. The van der Waals surface area contributed by atoms with E-state index in [1.165, 1.54) is 15.3 Å². The predicted octanol–water partition coefficient (Wildman–Crippen LogP) is 2.39. The molecule has 1 aliphatic heterocycles. The Morgan fingerprint density at radius 2 is 1.97 bits per heavy atom. The topological polar surface area (TPSA) is 131 Å². The van der Waals surface area contributed by atoms with Crippen molar-refractivity contribution < 1.29 is 14.4 Å². The van der Waals surface area contributed by atoms with Crippen LogP contribution in [0.15, 0.2) is 29.4 Å². The number of likely N-dealkylation sites (N-methyl/N-ethyl adjacent to an activating group) is 1. The molecule has 5 atom stereocenters. The van der Waals surface area contributed by atoms with Gasteiger partial charge in [-0.2, -0.15) is 0 Å². The molecule has 0 spiro atoms. The normalized spacial score (nSPS) is 23.3. The first-order chi connectivity index (χ1) is 16.9. The summed E-state index contributed by atoms with van der Waals surface area (Å²) >= 11 is 0. The van der Waals surface area contributed by atoms with Crippen molar-refractivity contribution in [2.24, 2.45) is 10.5 Å². The van der Waals surface area contributed by atoms with Crippen LogP contribution < -0.4 is 10.6 Å². The van der Waals surface area contributed by atoms with E-state index in [9.17, 15) is 14.4 Å². The molecule has 36 heavy (non-hydrogen) atoms. The number of azide groups is 1. The summed E-state index contributed by atoms with van der Waals surface area (Å²) < 4.78 is 0. The zero-order valence-electron chi connectivity index (χ0n) is 21.8. The summed E-state index contributed by atoms with van der Waals surface area (Å²) in [5.74, 6) is -1.06. The fourth-order valence-electron chi connectivity index (χ4n) is 4.90. The third-order valence-electron chi connectivity index (χ3n) is 7.16. The molecule has 2 aliphatic rings. The Morgan fingerprint density at radius 3 is 2.61 bits per heavy atom. The molecular formula is C25H36BN7O3. The molecule has 2 radical (unpaired) electrons. The van der Waals surface area contributed by atoms with Gasteiger partial charge < -0.3 is 20.3 Å². The number of amides is 3. The van der Waals surface area contributed by atoms with Crippen LogP contribution in [0.2, 0.25) is 0 Å². The highest BCUT2D eigenvalue weighted by atomic mass is 16.2. The molecule has 1 aromatic carbocycles. The number of nitrogens with one attached hydrogen (secondary N) is 2. The summed E-state index contributed by atoms with van der Waals surface area (Å²) in [6, 6.07) is 5.03. The van der Waals surface area contributed by atoms with E-state index in [0.29, 0.717) is 0 Å². The van der Waals surface area contributed by atoms with Crippen molar-refractivity contribution >= 4 is 25.7 Å². The first-order valence-corrected chi connectivity index (χ1v) is 12.4. The van der Waals surface area contributed by atoms with E-state index in [1.807, 2.05) is 39.0 Å². The van der Waals surface area contributed by atoms with Gasteiger partial charge in [0.2, 0.25) is 17.7 Å². The Hall–Kier alpha value is -3.04. The summed E-state index contributed by atoms with van der Waals surface area (Å²) in [7, 11) is 7.31. The lowest BCUT2D eigenvalue weighted by Crippen LogP contribution is -2.59. The van der Waals surface area contributed by atoms with Crippen LogP contribution in [0.3, 0.4) is 0 Å². The molecule has 0 aromatic heterocycles. The van der Waals surface area contributed by atoms with Gasteiger partial charge in [0.1, 0.15) is 12.1 Å². The Balaban J connectivity index is 1.84. The first-order valence-electron chi connectivity index (χ1n) is 12.4. The van der Waals surface area contributed by atoms with Gasteiger partial charge in [0.25, 0.3) is 0 Å². The number of carbonyl (C=O) groups excluding carboxylic acids is 3. The molecule has 11 heteroatoms. The van der Waals surface area contributed by atoms with Crippen molar-refractivity contribution in [1.29, 1.82) is 0 Å². The lowest BCUT2D eigenvalue weighted by Gasteiger charge is -2.37. The van der Waals surface area contributed by atoms with Crippen molar-refractivity contribution in [1.82, 2.24) is 20.3 Å². The minimum absolute atomic E-state index is 0.108. The van der Waals surface area contributed by atoms with Crippen molar-refractivity contribution in [2.75, 3.05) is 13.6 Å². The maximum absolute atomic E-state index is 13.8. The highest BCUT2D eigenvalue weighted by Crippen LogP contribution is 2.31. The van der Waals surface area contributed by atoms with E-state index in [4.69, 9.17) is 13.5 Å². The minimum Gasteiger partial charge on any atom is -0.347 e. The quantitative estimate of drug-likeness (QED) is 0.261. The highest BCUT2D eigenvalue weighted by Gasteiger charge is 2.45. The maximum atomic E-state index is 13.8. The Bertz CT molecular complexity index is 1030. The second-order valence-corrected chi connectivity index (χ2v) is 10.9. The average Bonchev–Trinajstić information content (AvgIpc) is 3.25. The Morgan fingerprint density at radius 1 is 1.28 bits per heavy atom. The third-order valence-corrected chi connectivity index (χ3v) is 7.16. The highest BCUT2D eigenvalue weighted by molar-refractivity contribution is 6.06. The second-order valence-electron chi connectivity index (χ2n) is 10.9. The van der Waals surface area contributed by atoms with Gasteiger partial charge in [-0.3, -0.25) is 14.4 Å². The average molecular weight is 493 g/mol. The van der Waals surface area contributed by atoms with E-state index in [-0.39, 0.29) is 36.7 Å². The summed E-state index contributed by atoms with van der Waals surface area (Å²) in [4.78, 5) is 45.8. The molecule has 1 saturated heterocycles. The molecule has 10 nitrogen and oxygen atoms in total. The summed E-state index contributed by atoms with van der Waals surface area (Å²) in [5.41, 5.74) is 10.7. The Labute approximate surface area is 214 Å². The monoisotopic (exact) mass is 493 g/mol. The zero-order chi connectivity index (χ0) is 26.6. The molecule has 0 saturated carbocycles. The fourth-order valence-corrected chi connectivity index (χ4v) is 4.90. The molecule has 1 aromatic rings. The van der Waals surface area contributed by atoms with E-state index >= 15 is 0 Å². The van der Waals surface area contributed by atoms with Crippen molar-refractivity contribution in [3.8, 4) is 0 Å². The number of rotatable bonds is 7. The predicted molar refractivity (Wildman–Crippen MR) is 138 cm³/mol. The zero-order valence-corrected chi connectivity index (χ0v) is 21.8. The van der Waals surface area contributed by atoms with E-state index in [1.54, 1.807) is 14.0 Å². The number of nitrogens with zero attached hydrogens (tertiary/aromatic N) is 5. The molecule has 0 unspecified atom stereocenters. The Kier molecular flexibility index (Phi) is 8.69. The first kappa shape index (κ1) is 27.6. The smallest absolute Gasteiger partial charge is 0.246 e. The number of aryl methyl sites for hydroxylation is 1. The molecule has 1 aliphatic carbocycles. The third kappa shape index (κ3) is 6.20. The number of hydrogen-bond acceptors (Lipinski definition) is 5. The summed E-state index contributed by atoms with van der Waals surface area (Å²) in [5, 5.41) is 9.77. The van der Waals surface area contributed by atoms with Crippen LogP contribution in [-0.2, 0) is 20.8 Å². The molecule has 2 N–H and O–H groups in total. The molecular weight excluding hydrogens is 457 g/mol. The van der Waals surface area contributed by atoms with Crippen LogP contribution in [-0.4, -0.2) is 73.2 Å². The van der Waals surface area contributed by atoms with Crippen LogP contribution >= 0.6 is 0 Å². The van der Waals surface area contributed by atoms with Crippen molar-refractivity contribution in [2.45, 2.75) is 83.6 Å². The molecule has 0 bridgehead atoms. The molecule has 1 fully saturated rings. The van der Waals surface area contributed by atoms with Crippen LogP contribution in [0.25, 0.3) is 10.4 Å². The van der Waals surface area contributed by atoms with Crippen molar-refractivity contribution in [3.63, 3.8) is 0 Å². The van der Waals surface area contributed by atoms with Gasteiger partial charge in [-0.1, -0.05) is 50.2 Å². The number of likely N-dealkylation sites (tertiary alicyclic amines) is 1. The SMILES string of the molecule is [B]N(C)[C@@H](C)C(=O)N[C@H](C(=O)N1C[C@@H](N=[N+]=[N-])C[C@H]1C(=O)N[C@@H]1CCCc2ccccc21)C(C)(C)C. The maximum Gasteiger partial charge on any atom is 0.246 e. The number of fused-ring (bicyclic) bond motifs is 1. The summed E-state index contributed by atoms with van der Waals surface area (Å²) in [6.07, 6.45) is 2.97. The number of benzene rings is 1. The second kappa shape index (κ2) is 11.3. The molecule has 3 amide bonds. The van der Waals surface area contributed by atoms with Gasteiger partial charge in [0.05, 0.1) is 18.1 Å². The van der Waals surface area contributed by atoms with Crippen LogP contribution in [0, 0.1) is 5.41 Å². The van der Waals surface area contributed by atoms with Crippen molar-refractivity contribution in [3.05, 3.63) is 45.8 Å². The van der Waals surface area contributed by atoms with Gasteiger partial charge >= 0.3 is 0 Å². The van der Waals surface area contributed by atoms with E-state index in [0.717, 1.165) is 24.8 Å². The number of carbonyl (C=O) groups is 3.